The van der Waals surface area contributed by atoms with Gasteiger partial charge in [0.25, 0.3) is 5.91 Å². The maximum absolute atomic E-state index is 14.0. The minimum Gasteiger partial charge on any atom is -0.348 e. The number of pyridine rings is 1. The van der Waals surface area contributed by atoms with E-state index in [2.05, 4.69) is 10.3 Å². The second-order valence-corrected chi connectivity index (χ2v) is 11.1. The van der Waals surface area contributed by atoms with E-state index in [1.807, 2.05) is 44.2 Å². The lowest BCUT2D eigenvalue weighted by Gasteiger charge is -2.31. The van der Waals surface area contributed by atoms with Crippen molar-refractivity contribution < 1.29 is 17.6 Å². The molecule has 1 amide bonds. The van der Waals surface area contributed by atoms with Crippen molar-refractivity contribution in [2.45, 2.75) is 51.0 Å². The number of carbonyl (C=O) groups is 1. The van der Waals surface area contributed by atoms with Crippen LogP contribution in [-0.4, -0.2) is 36.7 Å². The van der Waals surface area contributed by atoms with Gasteiger partial charge in [0.05, 0.1) is 16.2 Å². The van der Waals surface area contributed by atoms with E-state index < -0.39 is 15.8 Å². The molecule has 1 aromatic heterocycles. The first-order chi connectivity index (χ1) is 16.6. The summed E-state index contributed by atoms with van der Waals surface area (Å²) in [5.74, 6) is -0.777. The Balaban J connectivity index is 1.48. The molecule has 1 aliphatic heterocycles. The topological polar surface area (TPSA) is 79.4 Å². The maximum atomic E-state index is 14.0. The zero-order valence-corrected chi connectivity index (χ0v) is 21.0. The van der Waals surface area contributed by atoms with Gasteiger partial charge in [0.15, 0.2) is 0 Å². The SMILES string of the molecule is Cc1cccc(CNC(=O)c2ccc(C)nc2C2CCN(S(=O)(=O)c3ccc(C)c(F)c3)CC2)c1. The van der Waals surface area contributed by atoms with Crippen LogP contribution in [-0.2, 0) is 16.6 Å². The lowest BCUT2D eigenvalue weighted by molar-refractivity contribution is 0.0948. The summed E-state index contributed by atoms with van der Waals surface area (Å²) in [6.07, 6.45) is 1.06. The third-order valence-electron chi connectivity index (χ3n) is 6.47. The normalized spacial score (nSPS) is 15.2. The van der Waals surface area contributed by atoms with Crippen molar-refractivity contribution in [2.24, 2.45) is 0 Å². The largest absolute Gasteiger partial charge is 0.348 e. The summed E-state index contributed by atoms with van der Waals surface area (Å²) >= 11 is 0. The van der Waals surface area contributed by atoms with E-state index in [1.54, 1.807) is 13.0 Å². The Bertz CT molecular complexity index is 1350. The Hall–Kier alpha value is -3.10. The van der Waals surface area contributed by atoms with Crippen molar-refractivity contribution in [3.63, 3.8) is 0 Å². The van der Waals surface area contributed by atoms with Gasteiger partial charge in [-0.3, -0.25) is 9.78 Å². The molecule has 8 heteroatoms. The van der Waals surface area contributed by atoms with Crippen molar-refractivity contribution >= 4 is 15.9 Å². The fourth-order valence-electron chi connectivity index (χ4n) is 4.43. The van der Waals surface area contributed by atoms with Crippen LogP contribution >= 0.6 is 0 Å². The van der Waals surface area contributed by atoms with Gasteiger partial charge in [-0.15, -0.1) is 0 Å². The molecule has 184 valence electrons. The highest BCUT2D eigenvalue weighted by molar-refractivity contribution is 7.89. The van der Waals surface area contributed by atoms with Crippen LogP contribution in [0.25, 0.3) is 0 Å². The van der Waals surface area contributed by atoms with Crippen molar-refractivity contribution in [3.05, 3.63) is 94.1 Å². The number of nitrogens with zero attached hydrogens (tertiary/aromatic N) is 2. The summed E-state index contributed by atoms with van der Waals surface area (Å²) in [6, 6.07) is 15.6. The number of aryl methyl sites for hydroxylation is 3. The second-order valence-electron chi connectivity index (χ2n) is 9.15. The van der Waals surface area contributed by atoms with Gasteiger partial charge in [-0.2, -0.15) is 4.31 Å². The average molecular weight is 496 g/mol. The number of sulfonamides is 1. The van der Waals surface area contributed by atoms with E-state index in [9.17, 15) is 17.6 Å². The van der Waals surface area contributed by atoms with E-state index in [1.165, 1.54) is 16.4 Å². The number of rotatable bonds is 6. The van der Waals surface area contributed by atoms with Crippen LogP contribution in [0.3, 0.4) is 0 Å². The lowest BCUT2D eigenvalue weighted by atomic mass is 9.90. The minimum atomic E-state index is -3.79. The molecule has 0 bridgehead atoms. The molecular formula is C27H30FN3O3S. The average Bonchev–Trinajstić information content (AvgIpc) is 2.84. The van der Waals surface area contributed by atoms with Gasteiger partial charge >= 0.3 is 0 Å². The molecule has 0 spiro atoms. The highest BCUT2D eigenvalue weighted by Crippen LogP contribution is 2.32. The number of amides is 1. The first-order valence-corrected chi connectivity index (χ1v) is 13.2. The van der Waals surface area contributed by atoms with Gasteiger partial charge in [-0.05, 0) is 69.0 Å². The standard InChI is InChI=1S/C27H30FN3O3S/c1-18-5-4-6-21(15-18)17-29-27(32)24-10-8-20(3)30-26(24)22-11-13-31(14-12-22)35(33,34)23-9-7-19(2)25(28)16-23/h4-10,15-16,22H,11-14,17H2,1-3H3,(H,29,32). The molecule has 1 N–H and O–H groups in total. The minimum absolute atomic E-state index is 0.0380. The van der Waals surface area contributed by atoms with E-state index >= 15 is 0 Å². The van der Waals surface area contributed by atoms with Crippen molar-refractivity contribution in [1.29, 1.82) is 0 Å². The predicted molar refractivity (Wildman–Crippen MR) is 133 cm³/mol. The highest BCUT2D eigenvalue weighted by atomic mass is 32.2. The second kappa shape index (κ2) is 10.3. The van der Waals surface area contributed by atoms with Gasteiger partial charge in [0.2, 0.25) is 10.0 Å². The van der Waals surface area contributed by atoms with Crippen molar-refractivity contribution in [3.8, 4) is 0 Å². The number of carbonyl (C=O) groups excluding carboxylic acids is 1. The number of piperidine rings is 1. The van der Waals surface area contributed by atoms with E-state index in [4.69, 9.17) is 0 Å². The Kier molecular flexibility index (Phi) is 7.33. The van der Waals surface area contributed by atoms with Crippen LogP contribution in [0.1, 0.15) is 57.2 Å². The monoisotopic (exact) mass is 495 g/mol. The van der Waals surface area contributed by atoms with Gasteiger partial charge in [-0.1, -0.05) is 35.9 Å². The molecule has 1 aliphatic rings. The third-order valence-corrected chi connectivity index (χ3v) is 8.36. The molecule has 1 fully saturated rings. The number of aromatic nitrogens is 1. The van der Waals surface area contributed by atoms with E-state index in [-0.39, 0.29) is 29.8 Å². The molecule has 0 unspecified atom stereocenters. The molecule has 2 heterocycles. The zero-order chi connectivity index (χ0) is 25.2. The third kappa shape index (κ3) is 5.60. The van der Waals surface area contributed by atoms with Crippen LogP contribution in [0.4, 0.5) is 4.39 Å². The summed E-state index contributed by atoms with van der Waals surface area (Å²) in [5, 5.41) is 2.99. The predicted octanol–water partition coefficient (Wildman–Crippen LogP) is 4.64. The fraction of sp³-hybridized carbons (Fsp3) is 0.333. The molecule has 35 heavy (non-hydrogen) atoms. The number of hydrogen-bond donors (Lipinski definition) is 1. The molecule has 1 saturated heterocycles. The summed E-state index contributed by atoms with van der Waals surface area (Å²) in [5.41, 5.74) is 4.58. The van der Waals surface area contributed by atoms with Crippen LogP contribution in [0.15, 0.2) is 59.5 Å². The quantitative estimate of drug-likeness (QED) is 0.540. The molecule has 0 saturated carbocycles. The molecular weight excluding hydrogens is 465 g/mol. The van der Waals surface area contributed by atoms with Gasteiger partial charge in [0, 0.05) is 31.2 Å². The van der Waals surface area contributed by atoms with Gasteiger partial charge in [0.1, 0.15) is 5.82 Å². The Labute approximate surface area is 206 Å². The molecule has 4 rings (SSSR count). The van der Waals surface area contributed by atoms with Crippen LogP contribution in [0.2, 0.25) is 0 Å². The van der Waals surface area contributed by atoms with Crippen molar-refractivity contribution in [2.75, 3.05) is 13.1 Å². The molecule has 0 radical (unpaired) electrons. The van der Waals surface area contributed by atoms with Gasteiger partial charge < -0.3 is 5.32 Å². The molecule has 6 nitrogen and oxygen atoms in total. The van der Waals surface area contributed by atoms with Crippen LogP contribution in [0.5, 0.6) is 0 Å². The Morgan fingerprint density at radius 1 is 1.06 bits per heavy atom. The number of halogens is 1. The van der Waals surface area contributed by atoms with E-state index in [0.717, 1.165) is 22.9 Å². The maximum Gasteiger partial charge on any atom is 0.253 e. The molecule has 0 aliphatic carbocycles. The number of benzene rings is 2. The highest BCUT2D eigenvalue weighted by Gasteiger charge is 2.32. The molecule has 0 atom stereocenters. The van der Waals surface area contributed by atoms with E-state index in [0.29, 0.717) is 36.2 Å². The summed E-state index contributed by atoms with van der Waals surface area (Å²) in [6.45, 7) is 6.46. The van der Waals surface area contributed by atoms with Crippen molar-refractivity contribution in [1.82, 2.24) is 14.6 Å². The first kappa shape index (κ1) is 25.0. The summed E-state index contributed by atoms with van der Waals surface area (Å²) < 4.78 is 41.5. The summed E-state index contributed by atoms with van der Waals surface area (Å²) in [4.78, 5) is 17.7. The summed E-state index contributed by atoms with van der Waals surface area (Å²) in [7, 11) is -3.79. The zero-order valence-electron chi connectivity index (χ0n) is 20.2. The molecule has 2 aromatic carbocycles. The van der Waals surface area contributed by atoms with Gasteiger partial charge in [-0.25, -0.2) is 12.8 Å². The van der Waals surface area contributed by atoms with Crippen LogP contribution < -0.4 is 5.32 Å². The molecule has 3 aromatic rings. The number of hydrogen-bond acceptors (Lipinski definition) is 4. The fourth-order valence-corrected chi connectivity index (χ4v) is 5.91. The first-order valence-electron chi connectivity index (χ1n) is 11.7. The lowest BCUT2D eigenvalue weighted by Crippen LogP contribution is -2.38. The van der Waals surface area contributed by atoms with Crippen LogP contribution in [0, 0.1) is 26.6 Å². The smallest absolute Gasteiger partial charge is 0.253 e. The Morgan fingerprint density at radius 2 is 1.80 bits per heavy atom. The Morgan fingerprint density at radius 3 is 2.49 bits per heavy atom. The number of nitrogens with one attached hydrogen (secondary N) is 1.